The summed E-state index contributed by atoms with van der Waals surface area (Å²) in [6.45, 7) is 2.52. The zero-order valence-corrected chi connectivity index (χ0v) is 13.0. The number of nitrogens with zero attached hydrogens (tertiary/aromatic N) is 1. The Labute approximate surface area is 130 Å². The Kier molecular flexibility index (Phi) is 5.25. The van der Waals surface area contributed by atoms with Gasteiger partial charge in [0.2, 0.25) is 0 Å². The quantitative estimate of drug-likeness (QED) is 0.881. The highest BCUT2D eigenvalue weighted by atomic mass is 79.9. The second-order valence-electron chi connectivity index (χ2n) is 4.56. The summed E-state index contributed by atoms with van der Waals surface area (Å²) in [7, 11) is 0. The van der Waals surface area contributed by atoms with Crippen LogP contribution in [0.1, 0.15) is 30.5 Å². The third kappa shape index (κ3) is 3.77. The summed E-state index contributed by atoms with van der Waals surface area (Å²) in [5.74, 6) is -0.869. The maximum absolute atomic E-state index is 13.9. The summed E-state index contributed by atoms with van der Waals surface area (Å²) in [5, 5.41) is 0. The topological polar surface area (TPSA) is 48.1 Å². The molecule has 0 bridgehead atoms. The molecule has 2 aromatic rings. The Morgan fingerprint density at radius 1 is 1.24 bits per heavy atom. The molecule has 0 aliphatic carbocycles. The van der Waals surface area contributed by atoms with Gasteiger partial charge < -0.3 is 10.5 Å². The molecule has 0 amide bonds. The van der Waals surface area contributed by atoms with Crippen molar-refractivity contribution in [3.05, 3.63) is 57.8 Å². The zero-order chi connectivity index (χ0) is 15.4. The van der Waals surface area contributed by atoms with Gasteiger partial charge in [-0.15, -0.1) is 0 Å². The Hall–Kier alpha value is -1.53. The van der Waals surface area contributed by atoms with Gasteiger partial charge in [-0.3, -0.25) is 4.98 Å². The lowest BCUT2D eigenvalue weighted by Gasteiger charge is -2.15. The Bertz CT molecular complexity index is 614. The molecule has 0 fully saturated rings. The molecule has 0 radical (unpaired) electrons. The van der Waals surface area contributed by atoms with E-state index < -0.39 is 17.7 Å². The predicted molar refractivity (Wildman–Crippen MR) is 80.1 cm³/mol. The lowest BCUT2D eigenvalue weighted by Crippen LogP contribution is -2.16. The number of hydrogen-bond donors (Lipinski definition) is 1. The molecule has 112 valence electrons. The first-order chi connectivity index (χ1) is 10.0. The standard InChI is InChI=1S/C15H15BrF2N2O/c1-2-3-21-11-4-9(7-20-8-11)15(19)14-12(17)5-10(16)6-13(14)18/h4-8,15H,2-3,19H2,1H3. The van der Waals surface area contributed by atoms with E-state index in [9.17, 15) is 8.78 Å². The molecule has 1 heterocycles. The maximum atomic E-state index is 13.9. The molecule has 1 aromatic heterocycles. The molecular formula is C15H15BrF2N2O. The molecule has 0 spiro atoms. The molecule has 1 atom stereocenters. The van der Waals surface area contributed by atoms with E-state index in [0.29, 0.717) is 22.4 Å². The number of benzene rings is 1. The monoisotopic (exact) mass is 356 g/mol. The van der Waals surface area contributed by atoms with Crippen molar-refractivity contribution in [2.24, 2.45) is 5.73 Å². The van der Waals surface area contributed by atoms with Gasteiger partial charge in [0.25, 0.3) is 0 Å². The van der Waals surface area contributed by atoms with Gasteiger partial charge in [0, 0.05) is 16.2 Å². The molecule has 3 nitrogen and oxygen atoms in total. The lowest BCUT2D eigenvalue weighted by molar-refractivity contribution is 0.315. The normalized spacial score (nSPS) is 12.2. The van der Waals surface area contributed by atoms with Crippen LogP contribution >= 0.6 is 15.9 Å². The molecule has 6 heteroatoms. The van der Waals surface area contributed by atoms with Crippen molar-refractivity contribution >= 4 is 15.9 Å². The summed E-state index contributed by atoms with van der Waals surface area (Å²) in [4.78, 5) is 4.00. The van der Waals surface area contributed by atoms with Crippen molar-refractivity contribution in [1.29, 1.82) is 0 Å². The second kappa shape index (κ2) is 6.95. The van der Waals surface area contributed by atoms with Crippen LogP contribution in [0.4, 0.5) is 8.78 Å². The van der Waals surface area contributed by atoms with E-state index in [2.05, 4.69) is 20.9 Å². The summed E-state index contributed by atoms with van der Waals surface area (Å²) in [6.07, 6.45) is 3.87. The van der Waals surface area contributed by atoms with Crippen LogP contribution in [0.2, 0.25) is 0 Å². The van der Waals surface area contributed by atoms with Crippen LogP contribution in [0, 0.1) is 11.6 Å². The van der Waals surface area contributed by atoms with Crippen molar-refractivity contribution in [3.8, 4) is 5.75 Å². The fraction of sp³-hybridized carbons (Fsp3) is 0.267. The van der Waals surface area contributed by atoms with Crippen LogP contribution in [0.5, 0.6) is 5.75 Å². The Morgan fingerprint density at radius 3 is 2.52 bits per heavy atom. The SMILES string of the molecule is CCCOc1cncc(C(N)c2c(F)cc(Br)cc2F)c1. The van der Waals surface area contributed by atoms with E-state index in [1.807, 2.05) is 6.92 Å². The van der Waals surface area contributed by atoms with Crippen LogP contribution in [0.3, 0.4) is 0 Å². The minimum atomic E-state index is -0.948. The minimum Gasteiger partial charge on any atom is -0.492 e. The number of rotatable bonds is 5. The number of aromatic nitrogens is 1. The van der Waals surface area contributed by atoms with Crippen LogP contribution < -0.4 is 10.5 Å². The number of hydrogen-bond acceptors (Lipinski definition) is 3. The fourth-order valence-electron chi connectivity index (χ4n) is 1.92. The number of pyridine rings is 1. The van der Waals surface area contributed by atoms with Crippen LogP contribution in [0.25, 0.3) is 0 Å². The van der Waals surface area contributed by atoms with E-state index in [1.54, 1.807) is 12.3 Å². The molecule has 0 saturated heterocycles. The summed E-state index contributed by atoms with van der Waals surface area (Å²) >= 11 is 3.04. The highest BCUT2D eigenvalue weighted by molar-refractivity contribution is 9.10. The van der Waals surface area contributed by atoms with Crippen LogP contribution in [-0.2, 0) is 0 Å². The smallest absolute Gasteiger partial charge is 0.137 e. The Balaban J connectivity index is 2.34. The van der Waals surface area contributed by atoms with Gasteiger partial charge in [0.15, 0.2) is 0 Å². The third-order valence-electron chi connectivity index (χ3n) is 2.92. The molecule has 1 aromatic carbocycles. The van der Waals surface area contributed by atoms with Gasteiger partial charge in [0.05, 0.1) is 18.8 Å². The largest absolute Gasteiger partial charge is 0.492 e. The second-order valence-corrected chi connectivity index (χ2v) is 5.48. The van der Waals surface area contributed by atoms with Gasteiger partial charge in [-0.1, -0.05) is 22.9 Å². The number of ether oxygens (including phenoxy) is 1. The molecule has 1 unspecified atom stereocenters. The summed E-state index contributed by atoms with van der Waals surface area (Å²) in [5.41, 5.74) is 6.28. The predicted octanol–water partition coefficient (Wildman–Crippen LogP) is 3.96. The van der Waals surface area contributed by atoms with Gasteiger partial charge in [-0.2, -0.15) is 0 Å². The zero-order valence-electron chi connectivity index (χ0n) is 11.4. The van der Waals surface area contributed by atoms with Gasteiger partial charge in [0.1, 0.15) is 17.4 Å². The summed E-state index contributed by atoms with van der Waals surface area (Å²) in [6, 6.07) is 3.07. The average molecular weight is 357 g/mol. The maximum Gasteiger partial charge on any atom is 0.137 e. The van der Waals surface area contributed by atoms with Gasteiger partial charge in [-0.05, 0) is 30.2 Å². The molecule has 2 N–H and O–H groups in total. The molecule has 2 rings (SSSR count). The van der Waals surface area contributed by atoms with Crippen molar-refractivity contribution in [1.82, 2.24) is 4.98 Å². The number of nitrogens with two attached hydrogens (primary N) is 1. The molecule has 0 aliphatic rings. The Morgan fingerprint density at radius 2 is 1.90 bits per heavy atom. The van der Waals surface area contributed by atoms with Crippen LogP contribution in [-0.4, -0.2) is 11.6 Å². The van der Waals surface area contributed by atoms with Crippen molar-refractivity contribution < 1.29 is 13.5 Å². The first-order valence-electron chi connectivity index (χ1n) is 6.50. The van der Waals surface area contributed by atoms with E-state index >= 15 is 0 Å². The molecule has 0 saturated carbocycles. The number of halogens is 3. The van der Waals surface area contributed by atoms with Crippen LogP contribution in [0.15, 0.2) is 35.1 Å². The highest BCUT2D eigenvalue weighted by Gasteiger charge is 2.20. The first kappa shape index (κ1) is 15.9. The van der Waals surface area contributed by atoms with E-state index in [4.69, 9.17) is 10.5 Å². The lowest BCUT2D eigenvalue weighted by atomic mass is 10.00. The molecule has 0 aliphatic heterocycles. The summed E-state index contributed by atoms with van der Waals surface area (Å²) < 4.78 is 33.7. The van der Waals surface area contributed by atoms with Gasteiger partial charge in [-0.25, -0.2) is 8.78 Å². The average Bonchev–Trinajstić information content (AvgIpc) is 2.44. The van der Waals surface area contributed by atoms with Crippen molar-refractivity contribution in [3.63, 3.8) is 0 Å². The van der Waals surface area contributed by atoms with Crippen molar-refractivity contribution in [2.45, 2.75) is 19.4 Å². The minimum absolute atomic E-state index is 0.187. The fourth-order valence-corrected chi connectivity index (χ4v) is 2.32. The van der Waals surface area contributed by atoms with E-state index in [-0.39, 0.29) is 5.56 Å². The third-order valence-corrected chi connectivity index (χ3v) is 3.38. The van der Waals surface area contributed by atoms with E-state index in [1.165, 1.54) is 18.3 Å². The van der Waals surface area contributed by atoms with Crippen molar-refractivity contribution in [2.75, 3.05) is 6.61 Å². The van der Waals surface area contributed by atoms with Gasteiger partial charge >= 0.3 is 0 Å². The highest BCUT2D eigenvalue weighted by Crippen LogP contribution is 2.28. The first-order valence-corrected chi connectivity index (χ1v) is 7.30. The van der Waals surface area contributed by atoms with E-state index in [0.717, 1.165) is 6.42 Å². The molecular weight excluding hydrogens is 342 g/mol. The molecule has 21 heavy (non-hydrogen) atoms.